The van der Waals surface area contributed by atoms with Gasteiger partial charge in [0.2, 0.25) is 5.75 Å². The molecule has 0 amide bonds. The van der Waals surface area contributed by atoms with Crippen molar-refractivity contribution in [2.24, 2.45) is 5.10 Å². The highest BCUT2D eigenvalue weighted by molar-refractivity contribution is 9.10. The fourth-order valence-electron chi connectivity index (χ4n) is 3.65. The molecule has 0 bridgehead atoms. The smallest absolute Gasteiger partial charge is 0.313 e. The molecule has 0 aliphatic carbocycles. The summed E-state index contributed by atoms with van der Waals surface area (Å²) in [5.74, 6) is 0.337. The maximum Gasteiger partial charge on any atom is 0.313 e. The molecule has 1 heterocycles. The first-order valence-corrected chi connectivity index (χ1v) is 12.8. The van der Waals surface area contributed by atoms with E-state index in [1.54, 1.807) is 36.4 Å². The average Bonchev–Trinajstić information content (AvgIpc) is 2.87. The number of aromatic nitrogens is 2. The molecule has 0 N–H and O–H groups in total. The standard InChI is InChI=1S/C26H21BrCl2N4O4/c1-3-15(2)25-31-22-9-8-18(27)11-20(22)26(34)32(25)30-13-17-10-19(28)12-23(33(35)36)24(17)37-14-16-6-4-5-7-21(16)29/h4-13,15H,3,14H2,1-2H3/t15-/m0/s1. The molecule has 1 aromatic heterocycles. The molecule has 1 atom stereocenters. The minimum Gasteiger partial charge on any atom is -0.481 e. The van der Waals surface area contributed by atoms with E-state index in [2.05, 4.69) is 26.0 Å². The Balaban J connectivity index is 1.85. The van der Waals surface area contributed by atoms with Gasteiger partial charge in [-0.05, 0) is 36.8 Å². The highest BCUT2D eigenvalue weighted by Gasteiger charge is 2.22. The molecule has 0 saturated heterocycles. The Hall–Kier alpha value is -3.27. The molecule has 0 saturated carbocycles. The van der Waals surface area contributed by atoms with E-state index in [-0.39, 0.29) is 40.1 Å². The van der Waals surface area contributed by atoms with Gasteiger partial charge in [0.1, 0.15) is 12.4 Å². The molecule has 37 heavy (non-hydrogen) atoms. The van der Waals surface area contributed by atoms with Crippen LogP contribution in [0, 0.1) is 10.1 Å². The maximum atomic E-state index is 13.4. The second kappa shape index (κ2) is 11.4. The number of fused-ring (bicyclic) bond motifs is 1. The first-order chi connectivity index (χ1) is 17.7. The second-order valence-electron chi connectivity index (χ2n) is 8.28. The van der Waals surface area contributed by atoms with Crippen LogP contribution in [0.15, 0.2) is 69.0 Å². The zero-order valence-corrected chi connectivity index (χ0v) is 22.9. The zero-order valence-electron chi connectivity index (χ0n) is 19.8. The van der Waals surface area contributed by atoms with Crippen molar-refractivity contribution in [1.29, 1.82) is 0 Å². The molecule has 11 heteroatoms. The van der Waals surface area contributed by atoms with Crippen molar-refractivity contribution in [3.05, 3.63) is 107 Å². The number of ether oxygens (including phenoxy) is 1. The van der Waals surface area contributed by atoms with E-state index in [1.807, 2.05) is 19.9 Å². The van der Waals surface area contributed by atoms with Crippen LogP contribution in [0.3, 0.4) is 0 Å². The predicted molar refractivity (Wildman–Crippen MR) is 149 cm³/mol. The lowest BCUT2D eigenvalue weighted by atomic mass is 10.1. The minimum atomic E-state index is -0.586. The van der Waals surface area contributed by atoms with Crippen LogP contribution in [-0.4, -0.2) is 20.8 Å². The molecule has 0 spiro atoms. The van der Waals surface area contributed by atoms with Crippen LogP contribution >= 0.6 is 39.1 Å². The molecule has 3 aromatic carbocycles. The van der Waals surface area contributed by atoms with Crippen molar-refractivity contribution >= 4 is 61.9 Å². The summed E-state index contributed by atoms with van der Waals surface area (Å²) in [4.78, 5) is 29.3. The number of nitro benzene ring substituents is 1. The molecule has 0 aliphatic heterocycles. The Labute approximate surface area is 230 Å². The SMILES string of the molecule is CC[C@H](C)c1nc2ccc(Br)cc2c(=O)n1N=Cc1cc(Cl)cc([N+](=O)[O-])c1OCc1ccccc1Cl. The molecule has 0 unspecified atom stereocenters. The lowest BCUT2D eigenvalue weighted by Gasteiger charge is -2.14. The number of nitrogens with zero attached hydrogens (tertiary/aromatic N) is 4. The topological polar surface area (TPSA) is 99.6 Å². The van der Waals surface area contributed by atoms with Crippen LogP contribution in [0.2, 0.25) is 10.0 Å². The van der Waals surface area contributed by atoms with Gasteiger partial charge in [0, 0.05) is 37.6 Å². The van der Waals surface area contributed by atoms with E-state index < -0.39 is 4.92 Å². The quantitative estimate of drug-likeness (QED) is 0.119. The van der Waals surface area contributed by atoms with Gasteiger partial charge in [0.05, 0.1) is 22.0 Å². The predicted octanol–water partition coefficient (Wildman–Crippen LogP) is 7.35. The maximum absolute atomic E-state index is 13.4. The molecule has 4 aromatic rings. The third-order valence-electron chi connectivity index (χ3n) is 5.79. The van der Waals surface area contributed by atoms with Gasteiger partial charge in [-0.15, -0.1) is 0 Å². The number of hydrogen-bond acceptors (Lipinski definition) is 6. The van der Waals surface area contributed by atoms with Crippen molar-refractivity contribution in [3.63, 3.8) is 0 Å². The van der Waals surface area contributed by atoms with Crippen molar-refractivity contribution in [2.45, 2.75) is 32.8 Å². The normalized spacial score (nSPS) is 12.2. The van der Waals surface area contributed by atoms with Crippen molar-refractivity contribution < 1.29 is 9.66 Å². The summed E-state index contributed by atoms with van der Waals surface area (Å²) in [6.07, 6.45) is 2.04. The van der Waals surface area contributed by atoms with Gasteiger partial charge in [-0.3, -0.25) is 14.9 Å². The molecule has 0 radical (unpaired) electrons. The van der Waals surface area contributed by atoms with Gasteiger partial charge in [-0.1, -0.05) is 71.2 Å². The molecule has 8 nitrogen and oxygen atoms in total. The van der Waals surface area contributed by atoms with Gasteiger partial charge < -0.3 is 4.74 Å². The summed E-state index contributed by atoms with van der Waals surface area (Å²) < 4.78 is 7.81. The van der Waals surface area contributed by atoms with Gasteiger partial charge in [0.15, 0.2) is 0 Å². The zero-order chi connectivity index (χ0) is 26.7. The fourth-order valence-corrected chi connectivity index (χ4v) is 4.43. The first-order valence-electron chi connectivity index (χ1n) is 11.3. The summed E-state index contributed by atoms with van der Waals surface area (Å²) in [5.41, 5.74) is 0.722. The van der Waals surface area contributed by atoms with E-state index >= 15 is 0 Å². The Morgan fingerprint density at radius 1 is 1.22 bits per heavy atom. The lowest BCUT2D eigenvalue weighted by molar-refractivity contribution is -0.385. The molecular formula is C26H21BrCl2N4O4. The number of nitro groups is 1. The molecule has 190 valence electrons. The number of benzene rings is 3. The lowest BCUT2D eigenvalue weighted by Crippen LogP contribution is -2.23. The third-order valence-corrected chi connectivity index (χ3v) is 6.87. The summed E-state index contributed by atoms with van der Waals surface area (Å²) >= 11 is 15.8. The summed E-state index contributed by atoms with van der Waals surface area (Å²) in [6.45, 7) is 3.91. The van der Waals surface area contributed by atoms with Crippen molar-refractivity contribution in [3.8, 4) is 5.75 Å². The van der Waals surface area contributed by atoms with Crippen LogP contribution in [0.1, 0.15) is 43.1 Å². The molecular weight excluding hydrogens is 583 g/mol. The van der Waals surface area contributed by atoms with Crippen molar-refractivity contribution in [1.82, 2.24) is 9.66 Å². The van der Waals surface area contributed by atoms with E-state index in [4.69, 9.17) is 27.9 Å². The Bertz CT molecular complexity index is 1590. The van der Waals surface area contributed by atoms with Crippen LogP contribution < -0.4 is 10.3 Å². The Morgan fingerprint density at radius 3 is 2.68 bits per heavy atom. The number of halogens is 3. The minimum absolute atomic E-state index is 0.0212. The largest absolute Gasteiger partial charge is 0.481 e. The third kappa shape index (κ3) is 5.84. The molecule has 0 fully saturated rings. The van der Waals surface area contributed by atoms with E-state index in [1.165, 1.54) is 23.0 Å². The van der Waals surface area contributed by atoms with E-state index in [0.29, 0.717) is 27.3 Å². The van der Waals surface area contributed by atoms with E-state index in [0.717, 1.165) is 10.9 Å². The first kappa shape index (κ1) is 26.8. The Morgan fingerprint density at radius 2 is 1.97 bits per heavy atom. The Kier molecular flexibility index (Phi) is 8.26. The summed E-state index contributed by atoms with van der Waals surface area (Å²) in [7, 11) is 0. The van der Waals surface area contributed by atoms with Crippen LogP contribution in [0.25, 0.3) is 10.9 Å². The fraction of sp³-hybridized carbons (Fsp3) is 0.192. The summed E-state index contributed by atoms with van der Waals surface area (Å²) in [5, 5.41) is 17.2. The van der Waals surface area contributed by atoms with Gasteiger partial charge in [-0.2, -0.15) is 9.78 Å². The van der Waals surface area contributed by atoms with Gasteiger partial charge in [0.25, 0.3) is 5.56 Å². The van der Waals surface area contributed by atoms with E-state index in [9.17, 15) is 14.9 Å². The highest BCUT2D eigenvalue weighted by atomic mass is 79.9. The monoisotopic (exact) mass is 602 g/mol. The number of hydrogen-bond donors (Lipinski definition) is 0. The second-order valence-corrected chi connectivity index (χ2v) is 10.0. The van der Waals surface area contributed by atoms with Crippen LogP contribution in [0.4, 0.5) is 5.69 Å². The van der Waals surface area contributed by atoms with Crippen molar-refractivity contribution in [2.75, 3.05) is 0 Å². The molecule has 4 rings (SSSR count). The molecule has 0 aliphatic rings. The van der Waals surface area contributed by atoms with Gasteiger partial charge in [-0.25, -0.2) is 4.98 Å². The highest BCUT2D eigenvalue weighted by Crippen LogP contribution is 2.35. The van der Waals surface area contributed by atoms with Gasteiger partial charge >= 0.3 is 5.69 Å². The summed E-state index contributed by atoms with van der Waals surface area (Å²) in [6, 6.07) is 15.0. The average molecular weight is 604 g/mol. The van der Waals surface area contributed by atoms with Crippen LogP contribution in [-0.2, 0) is 6.61 Å². The van der Waals surface area contributed by atoms with Crippen LogP contribution in [0.5, 0.6) is 5.75 Å². The number of rotatable bonds is 8.